The van der Waals surface area contributed by atoms with Crippen LogP contribution in [-0.2, 0) is 14.4 Å². The molecule has 0 unspecified atom stereocenters. The summed E-state index contributed by atoms with van der Waals surface area (Å²) in [6.45, 7) is 7.31. The molecular formula is C30H34N8O4. The molecule has 218 valence electrons. The van der Waals surface area contributed by atoms with Gasteiger partial charge in [-0.05, 0) is 62.4 Å². The van der Waals surface area contributed by atoms with Crippen molar-refractivity contribution >= 4 is 52.2 Å². The number of nitrogens with zero attached hydrogens (tertiary/aromatic N) is 4. The number of benzene rings is 2. The topological polar surface area (TPSA) is 141 Å². The van der Waals surface area contributed by atoms with Gasteiger partial charge in [-0.1, -0.05) is 12.6 Å². The van der Waals surface area contributed by atoms with Crippen molar-refractivity contribution in [3.63, 3.8) is 0 Å². The van der Waals surface area contributed by atoms with E-state index >= 15 is 0 Å². The third kappa shape index (κ3) is 6.50. The van der Waals surface area contributed by atoms with Gasteiger partial charge in [-0.3, -0.25) is 14.4 Å². The van der Waals surface area contributed by atoms with Crippen molar-refractivity contribution in [2.75, 3.05) is 66.5 Å². The highest BCUT2D eigenvalue weighted by atomic mass is 16.5. The number of hydrogen-bond acceptors (Lipinski definition) is 9. The molecule has 0 bridgehead atoms. The summed E-state index contributed by atoms with van der Waals surface area (Å²) in [5.41, 5.74) is 1.51. The van der Waals surface area contributed by atoms with E-state index < -0.39 is 17.2 Å². The summed E-state index contributed by atoms with van der Waals surface area (Å²) in [4.78, 5) is 51.3. The smallest absolute Gasteiger partial charge is 0.247 e. The molecule has 1 aliphatic heterocycles. The molecule has 0 radical (unpaired) electrons. The van der Waals surface area contributed by atoms with Crippen molar-refractivity contribution in [3.05, 3.63) is 67.4 Å². The van der Waals surface area contributed by atoms with Gasteiger partial charge in [0.2, 0.25) is 23.7 Å². The van der Waals surface area contributed by atoms with Crippen molar-refractivity contribution in [2.45, 2.75) is 12.8 Å². The molecule has 2 fully saturated rings. The Bertz CT molecular complexity index is 1500. The lowest BCUT2D eigenvalue weighted by Crippen LogP contribution is -2.44. The molecule has 12 nitrogen and oxygen atoms in total. The molecule has 1 saturated heterocycles. The van der Waals surface area contributed by atoms with E-state index in [4.69, 9.17) is 4.74 Å². The number of piperazine rings is 1. The predicted molar refractivity (Wildman–Crippen MR) is 162 cm³/mol. The van der Waals surface area contributed by atoms with Gasteiger partial charge in [0, 0.05) is 55.5 Å². The minimum atomic E-state index is -1.21. The molecule has 5 rings (SSSR count). The first-order chi connectivity index (χ1) is 20.3. The van der Waals surface area contributed by atoms with Gasteiger partial charge in [0.05, 0.1) is 12.8 Å². The standard InChI is InChI=1S/C30H34N8O4/c1-4-26(39)32-20-6-5-7-21(18-20)33-27(40)30(11-12-30)28(41)35-25-10-13-31-29(36-25)34-23-9-8-22(19-24(23)42-3)38-16-14-37(2)15-17-38/h4-10,13,18-19H,1,11-12,14-17H2,2-3H3,(H,32,39)(H,33,40)(H2,31,34,35,36,41). The van der Waals surface area contributed by atoms with E-state index in [1.807, 2.05) is 18.2 Å². The number of rotatable bonds is 10. The van der Waals surface area contributed by atoms with Gasteiger partial charge >= 0.3 is 0 Å². The van der Waals surface area contributed by atoms with Gasteiger partial charge in [-0.2, -0.15) is 4.98 Å². The Balaban J connectivity index is 1.23. The minimum Gasteiger partial charge on any atom is -0.494 e. The molecule has 42 heavy (non-hydrogen) atoms. The Morgan fingerprint density at radius 3 is 2.36 bits per heavy atom. The number of nitrogens with one attached hydrogen (secondary N) is 4. The number of hydrogen-bond donors (Lipinski definition) is 4. The first kappa shape index (κ1) is 28.6. The number of likely N-dealkylation sites (N-methyl/N-ethyl adjacent to an activating group) is 1. The van der Waals surface area contributed by atoms with Gasteiger partial charge in [-0.15, -0.1) is 0 Å². The van der Waals surface area contributed by atoms with Crippen molar-refractivity contribution in [3.8, 4) is 5.75 Å². The van der Waals surface area contributed by atoms with Crippen LogP contribution in [0, 0.1) is 5.41 Å². The second kappa shape index (κ2) is 12.3. The van der Waals surface area contributed by atoms with Crippen LogP contribution in [0.2, 0.25) is 0 Å². The maximum absolute atomic E-state index is 13.2. The first-order valence-electron chi connectivity index (χ1n) is 13.7. The van der Waals surface area contributed by atoms with Gasteiger partial charge in [0.25, 0.3) is 0 Å². The van der Waals surface area contributed by atoms with Crippen LogP contribution < -0.4 is 30.9 Å². The lowest BCUT2D eigenvalue weighted by atomic mass is 10.0. The Hall–Kier alpha value is -4.97. The van der Waals surface area contributed by atoms with Crippen molar-refractivity contribution in [1.82, 2.24) is 14.9 Å². The molecule has 3 amide bonds. The predicted octanol–water partition coefficient (Wildman–Crippen LogP) is 3.46. The van der Waals surface area contributed by atoms with Crippen LogP contribution in [0.5, 0.6) is 5.75 Å². The van der Waals surface area contributed by atoms with Crippen molar-refractivity contribution in [2.24, 2.45) is 5.41 Å². The molecule has 2 aliphatic rings. The number of ether oxygens (including phenoxy) is 1. The SMILES string of the molecule is C=CC(=O)Nc1cccc(NC(=O)C2(C(=O)Nc3ccnc(Nc4ccc(N5CCN(C)CC5)cc4OC)n3)CC2)c1. The monoisotopic (exact) mass is 570 g/mol. The second-order valence-corrected chi connectivity index (χ2v) is 10.3. The average molecular weight is 571 g/mol. The first-order valence-corrected chi connectivity index (χ1v) is 13.7. The van der Waals surface area contributed by atoms with E-state index in [9.17, 15) is 14.4 Å². The Morgan fingerprint density at radius 2 is 1.67 bits per heavy atom. The van der Waals surface area contributed by atoms with E-state index in [2.05, 4.69) is 54.7 Å². The zero-order valence-corrected chi connectivity index (χ0v) is 23.6. The summed E-state index contributed by atoms with van der Waals surface area (Å²) in [6, 6.07) is 14.2. The van der Waals surface area contributed by atoms with Gasteiger partial charge in [0.1, 0.15) is 17.0 Å². The molecule has 2 aromatic carbocycles. The van der Waals surface area contributed by atoms with Crippen LogP contribution in [0.25, 0.3) is 0 Å². The lowest BCUT2D eigenvalue weighted by molar-refractivity contribution is -0.131. The number of amides is 3. The van der Waals surface area contributed by atoms with E-state index in [0.29, 0.717) is 35.7 Å². The van der Waals surface area contributed by atoms with Crippen LogP contribution in [0.15, 0.2) is 67.4 Å². The molecule has 3 aromatic rings. The number of methoxy groups -OCH3 is 1. The summed E-state index contributed by atoms with van der Waals surface area (Å²) >= 11 is 0. The molecule has 1 aliphatic carbocycles. The number of carbonyl (C=O) groups excluding carboxylic acids is 3. The molecule has 1 saturated carbocycles. The summed E-state index contributed by atoms with van der Waals surface area (Å²) in [6.07, 6.45) is 3.50. The van der Waals surface area contributed by atoms with Crippen LogP contribution in [0.1, 0.15) is 12.8 Å². The highest BCUT2D eigenvalue weighted by Gasteiger charge is 2.56. The summed E-state index contributed by atoms with van der Waals surface area (Å²) in [5, 5.41) is 11.4. The highest BCUT2D eigenvalue weighted by Crippen LogP contribution is 2.47. The van der Waals surface area contributed by atoms with Gasteiger partial charge in [0.15, 0.2) is 0 Å². The van der Waals surface area contributed by atoms with E-state index in [-0.39, 0.29) is 17.7 Å². The van der Waals surface area contributed by atoms with Gasteiger partial charge < -0.3 is 35.8 Å². The number of aromatic nitrogens is 2. The third-order valence-electron chi connectivity index (χ3n) is 7.39. The quantitative estimate of drug-likeness (QED) is 0.213. The molecule has 2 heterocycles. The molecule has 4 N–H and O–H groups in total. The van der Waals surface area contributed by atoms with Crippen LogP contribution >= 0.6 is 0 Å². The van der Waals surface area contributed by atoms with E-state index in [0.717, 1.165) is 37.9 Å². The maximum atomic E-state index is 13.2. The van der Waals surface area contributed by atoms with Crippen molar-refractivity contribution in [1.29, 1.82) is 0 Å². The molecular weight excluding hydrogens is 536 g/mol. The third-order valence-corrected chi connectivity index (χ3v) is 7.39. The summed E-state index contributed by atoms with van der Waals surface area (Å²) < 4.78 is 5.63. The van der Waals surface area contributed by atoms with E-state index in [1.165, 1.54) is 6.20 Å². The largest absolute Gasteiger partial charge is 0.494 e. The normalized spacial score (nSPS) is 15.7. The van der Waals surface area contributed by atoms with Gasteiger partial charge in [-0.25, -0.2) is 4.98 Å². The minimum absolute atomic E-state index is 0.263. The molecule has 12 heteroatoms. The van der Waals surface area contributed by atoms with Crippen LogP contribution in [-0.4, -0.2) is 72.9 Å². The fourth-order valence-electron chi connectivity index (χ4n) is 4.69. The summed E-state index contributed by atoms with van der Waals surface area (Å²) in [5.74, 6) is -0.0629. The zero-order valence-electron chi connectivity index (χ0n) is 23.6. The number of carbonyl (C=O) groups is 3. The average Bonchev–Trinajstić information content (AvgIpc) is 3.81. The Kier molecular flexibility index (Phi) is 8.34. The van der Waals surface area contributed by atoms with Crippen molar-refractivity contribution < 1.29 is 19.1 Å². The van der Waals surface area contributed by atoms with Crippen LogP contribution in [0.3, 0.4) is 0 Å². The second-order valence-electron chi connectivity index (χ2n) is 10.3. The Labute approximate surface area is 244 Å². The fraction of sp³-hybridized carbons (Fsp3) is 0.300. The highest BCUT2D eigenvalue weighted by molar-refractivity contribution is 6.16. The molecule has 0 atom stereocenters. The summed E-state index contributed by atoms with van der Waals surface area (Å²) in [7, 11) is 3.73. The lowest BCUT2D eigenvalue weighted by Gasteiger charge is -2.34. The molecule has 0 spiro atoms. The molecule has 1 aromatic heterocycles. The number of anilines is 6. The van der Waals surface area contributed by atoms with E-state index in [1.54, 1.807) is 37.4 Å². The fourth-order valence-corrected chi connectivity index (χ4v) is 4.69. The zero-order chi connectivity index (χ0) is 29.7. The maximum Gasteiger partial charge on any atom is 0.247 e. The Morgan fingerprint density at radius 1 is 0.952 bits per heavy atom. The van der Waals surface area contributed by atoms with Crippen LogP contribution in [0.4, 0.5) is 34.5 Å².